The zero-order chi connectivity index (χ0) is 36.6. The Labute approximate surface area is 306 Å². The number of carbonyl (C=O) groups is 2. The van der Waals surface area contributed by atoms with Crippen LogP contribution in [-0.2, 0) is 21.4 Å². The summed E-state index contributed by atoms with van der Waals surface area (Å²) in [5.74, 6) is 0.703. The molecule has 3 aliphatic rings. The molecule has 11 heteroatoms. The molecule has 1 spiro atoms. The second-order valence-electron chi connectivity index (χ2n) is 14.8. The minimum absolute atomic E-state index is 0.115. The first kappa shape index (κ1) is 33.2. The fraction of sp³-hybridized carbons (Fsp3) is 0.333. The number of ketones is 1. The molecular weight excluding hydrogens is 670 g/mol. The number of hydrogen-bond acceptors (Lipinski definition) is 9. The van der Waals surface area contributed by atoms with E-state index in [1.807, 2.05) is 74.6 Å². The van der Waals surface area contributed by atoms with Crippen molar-refractivity contribution in [3.63, 3.8) is 0 Å². The Bertz CT molecular complexity index is 2400. The van der Waals surface area contributed by atoms with Crippen molar-refractivity contribution >= 4 is 28.3 Å². The van der Waals surface area contributed by atoms with Gasteiger partial charge in [0.2, 0.25) is 17.7 Å². The summed E-state index contributed by atoms with van der Waals surface area (Å²) in [7, 11) is 0. The number of anilines is 1. The van der Waals surface area contributed by atoms with Crippen molar-refractivity contribution in [2.75, 3.05) is 5.32 Å². The van der Waals surface area contributed by atoms with Crippen LogP contribution >= 0.6 is 0 Å². The summed E-state index contributed by atoms with van der Waals surface area (Å²) in [6, 6.07) is 21.3. The van der Waals surface area contributed by atoms with Crippen LogP contribution in [0, 0.1) is 11.8 Å². The van der Waals surface area contributed by atoms with Gasteiger partial charge in [-0.15, -0.1) is 0 Å². The molecule has 53 heavy (non-hydrogen) atoms. The minimum Gasteiger partial charge on any atom is -0.469 e. The zero-order valence-electron chi connectivity index (χ0n) is 30.0. The Balaban J connectivity index is 1.26. The molecule has 0 radical (unpaired) electrons. The molecule has 11 nitrogen and oxygen atoms in total. The maximum atomic E-state index is 14.3. The lowest BCUT2D eigenvalue weighted by atomic mass is 9.72. The summed E-state index contributed by atoms with van der Waals surface area (Å²) >= 11 is 0. The van der Waals surface area contributed by atoms with Gasteiger partial charge in [0.1, 0.15) is 22.8 Å². The smallest absolute Gasteiger partial charge is 0.249 e. The van der Waals surface area contributed by atoms with Gasteiger partial charge in [0.15, 0.2) is 29.2 Å². The summed E-state index contributed by atoms with van der Waals surface area (Å²) < 4.78 is 20.2. The topological polar surface area (TPSA) is 156 Å². The molecule has 6 heterocycles. The second kappa shape index (κ2) is 12.2. The number of fused-ring (bicyclic) bond motifs is 5. The number of H-pyrrole nitrogens is 1. The number of carbonyl (C=O) groups excluding carboxylic acids is 2. The van der Waals surface area contributed by atoms with Gasteiger partial charge in [-0.3, -0.25) is 9.59 Å². The van der Waals surface area contributed by atoms with Gasteiger partial charge in [0.05, 0.1) is 6.20 Å². The van der Waals surface area contributed by atoms with E-state index >= 15 is 0 Å². The highest BCUT2D eigenvalue weighted by atomic mass is 16.5. The number of Topliss-reactive ketones (excluding diaryl/α,β-unsaturated/α-hetero) is 1. The second-order valence-corrected chi connectivity index (χ2v) is 14.8. The van der Waals surface area contributed by atoms with Crippen LogP contribution in [0.15, 0.2) is 88.0 Å². The van der Waals surface area contributed by atoms with Crippen molar-refractivity contribution < 1.29 is 28.3 Å². The molecule has 0 fully saturated rings. The van der Waals surface area contributed by atoms with E-state index in [0.29, 0.717) is 23.0 Å². The fourth-order valence-corrected chi connectivity index (χ4v) is 8.40. The number of ether oxygens (including phenoxy) is 1. The zero-order valence-corrected chi connectivity index (χ0v) is 30.0. The molecule has 270 valence electrons. The third-order valence-corrected chi connectivity index (χ3v) is 11.5. The SMILES string of the molecule is CCC(O)(CC)C(=O)C[C@H]1Cc2ccc3c(c2)C2(c4ccccc4N[C@H]2O3)c2oc(nc2-c2ncc(-c3c[nH]c4ccccc34)o2)[C@H](C(C)C)NC1=O. The van der Waals surface area contributed by atoms with Gasteiger partial charge >= 0.3 is 0 Å². The molecule has 9 rings (SSSR count). The molecule has 1 amide bonds. The highest BCUT2D eigenvalue weighted by Gasteiger charge is 2.61. The Morgan fingerprint density at radius 3 is 2.62 bits per heavy atom. The molecule has 4 atom stereocenters. The molecule has 6 aromatic rings. The average Bonchev–Trinajstić information content (AvgIpc) is 3.99. The Kier molecular flexibility index (Phi) is 7.63. The summed E-state index contributed by atoms with van der Waals surface area (Å²) in [5.41, 5.74) is 3.26. The largest absolute Gasteiger partial charge is 0.469 e. The van der Waals surface area contributed by atoms with E-state index in [0.717, 1.165) is 38.8 Å². The van der Waals surface area contributed by atoms with Gasteiger partial charge in [-0.25, -0.2) is 9.97 Å². The van der Waals surface area contributed by atoms with E-state index in [4.69, 9.17) is 23.5 Å². The lowest BCUT2D eigenvalue weighted by Gasteiger charge is -2.29. The molecule has 0 aliphatic carbocycles. The van der Waals surface area contributed by atoms with Crippen LogP contribution in [0.4, 0.5) is 5.69 Å². The van der Waals surface area contributed by atoms with Crippen molar-refractivity contribution in [1.82, 2.24) is 20.3 Å². The third kappa shape index (κ3) is 4.97. The van der Waals surface area contributed by atoms with E-state index in [2.05, 4.69) is 27.8 Å². The van der Waals surface area contributed by atoms with E-state index in [-0.39, 0.29) is 55.1 Å². The monoisotopic (exact) mass is 711 g/mol. The van der Waals surface area contributed by atoms with Crippen LogP contribution in [0.2, 0.25) is 0 Å². The Morgan fingerprint density at radius 2 is 1.81 bits per heavy atom. The number of nitrogens with zero attached hydrogens (tertiary/aromatic N) is 2. The van der Waals surface area contributed by atoms with Gasteiger partial charge in [0, 0.05) is 46.3 Å². The van der Waals surface area contributed by atoms with Crippen molar-refractivity contribution in [1.29, 1.82) is 0 Å². The first-order valence-corrected chi connectivity index (χ1v) is 18.4. The van der Waals surface area contributed by atoms with Gasteiger partial charge in [-0.05, 0) is 54.5 Å². The predicted octanol–water partition coefficient (Wildman–Crippen LogP) is 7.45. The third-order valence-electron chi connectivity index (χ3n) is 11.5. The van der Waals surface area contributed by atoms with Gasteiger partial charge in [0.25, 0.3) is 0 Å². The number of amides is 1. The summed E-state index contributed by atoms with van der Waals surface area (Å²) in [4.78, 5) is 41.1. The van der Waals surface area contributed by atoms with Crippen LogP contribution in [-0.4, -0.2) is 43.6 Å². The lowest BCUT2D eigenvalue weighted by molar-refractivity contribution is -0.141. The number of oxazole rings is 2. The van der Waals surface area contributed by atoms with E-state index in [1.165, 1.54) is 0 Å². The summed E-state index contributed by atoms with van der Waals surface area (Å²) in [6.07, 6.45) is 3.70. The molecule has 0 saturated heterocycles. The van der Waals surface area contributed by atoms with Crippen LogP contribution < -0.4 is 15.4 Å². The number of rotatable bonds is 8. The first-order valence-electron chi connectivity index (χ1n) is 18.4. The van der Waals surface area contributed by atoms with Crippen LogP contribution in [0.25, 0.3) is 33.8 Å². The normalized spacial score (nSPS) is 21.7. The van der Waals surface area contributed by atoms with Crippen molar-refractivity contribution in [3.05, 3.63) is 107 Å². The standard InChI is InChI=1S/C42H41N5O6/c1-5-41(50,6-2)33(48)19-24-17-23-15-16-31-28(18-23)42(27-12-8-10-14-30(27)45-40(42)52-31)36-35(47-39(53-36)34(22(3)4)46-37(24)49)38-44-21-32(51-38)26-20-43-29-13-9-7-11-25(26)29/h7-16,18,20-22,24,34,40,43,45,50H,5-6,17,19H2,1-4H3,(H,46,49)/t24-,34+,40+,42?/m1/s1. The number of aromatic nitrogens is 3. The molecular formula is C42H41N5O6. The molecule has 1 unspecified atom stereocenters. The molecule has 3 aromatic carbocycles. The van der Waals surface area contributed by atoms with Crippen LogP contribution in [0.1, 0.15) is 81.3 Å². The highest BCUT2D eigenvalue weighted by Crippen LogP contribution is 2.59. The first-order chi connectivity index (χ1) is 25.6. The number of para-hydroxylation sites is 2. The number of nitrogens with one attached hydrogen (secondary N) is 3. The Morgan fingerprint density at radius 1 is 1.02 bits per heavy atom. The summed E-state index contributed by atoms with van der Waals surface area (Å²) in [5, 5.41) is 18.9. The quantitative estimate of drug-likeness (QED) is 0.126. The van der Waals surface area contributed by atoms with Gasteiger partial charge in [-0.2, -0.15) is 0 Å². The van der Waals surface area contributed by atoms with Gasteiger partial charge in [-0.1, -0.05) is 76.2 Å². The van der Waals surface area contributed by atoms with E-state index < -0.39 is 29.2 Å². The number of benzene rings is 3. The predicted molar refractivity (Wildman–Crippen MR) is 198 cm³/mol. The average molecular weight is 712 g/mol. The van der Waals surface area contributed by atoms with Gasteiger partial charge < -0.3 is 34.3 Å². The lowest BCUT2D eigenvalue weighted by Crippen LogP contribution is -2.43. The van der Waals surface area contributed by atoms with E-state index in [9.17, 15) is 14.7 Å². The van der Waals surface area contributed by atoms with Crippen LogP contribution in [0.5, 0.6) is 5.75 Å². The molecule has 4 N–H and O–H groups in total. The molecule has 4 bridgehead atoms. The number of hydrogen-bond donors (Lipinski definition) is 4. The van der Waals surface area contributed by atoms with Crippen molar-refractivity contribution in [2.24, 2.45) is 11.8 Å². The van der Waals surface area contributed by atoms with Crippen molar-refractivity contribution in [2.45, 2.75) is 76.7 Å². The van der Waals surface area contributed by atoms with Crippen molar-refractivity contribution in [3.8, 4) is 28.7 Å². The molecule has 0 saturated carbocycles. The van der Waals surface area contributed by atoms with E-state index in [1.54, 1.807) is 20.0 Å². The Hall–Kier alpha value is -5.68. The highest BCUT2D eigenvalue weighted by molar-refractivity contribution is 5.94. The summed E-state index contributed by atoms with van der Waals surface area (Å²) in [6.45, 7) is 7.55. The maximum Gasteiger partial charge on any atom is 0.249 e. The van der Waals surface area contributed by atoms with Crippen LogP contribution in [0.3, 0.4) is 0 Å². The number of aromatic amines is 1. The molecule has 3 aromatic heterocycles. The molecule has 3 aliphatic heterocycles. The maximum absolute atomic E-state index is 14.3. The number of aliphatic hydroxyl groups is 1. The minimum atomic E-state index is -1.50. The fourth-order valence-electron chi connectivity index (χ4n) is 8.40.